The van der Waals surface area contributed by atoms with Crippen molar-refractivity contribution in [3.63, 3.8) is 0 Å². The van der Waals surface area contributed by atoms with E-state index in [-0.39, 0.29) is 29.7 Å². The molecule has 3 amide bonds. The fourth-order valence-corrected chi connectivity index (χ4v) is 4.61. The molecule has 2 saturated heterocycles. The molecular weight excluding hydrogens is 393 g/mol. The number of hydrogen-bond donors (Lipinski definition) is 1. The molecule has 31 heavy (non-hydrogen) atoms. The molecule has 0 bridgehead atoms. The lowest BCUT2D eigenvalue weighted by Gasteiger charge is -2.40. The van der Waals surface area contributed by atoms with E-state index in [0.29, 0.717) is 18.7 Å². The summed E-state index contributed by atoms with van der Waals surface area (Å²) in [5, 5.41) is 3.08. The SMILES string of the molecule is CCc1ccc(C2CC(NC(=O)c3ccc(F)cc3)CN(C(=O)N3CCCC3)C2)cc1. The maximum atomic E-state index is 13.2. The van der Waals surface area contributed by atoms with E-state index in [2.05, 4.69) is 36.5 Å². The molecule has 2 aliphatic heterocycles. The summed E-state index contributed by atoms with van der Waals surface area (Å²) in [6, 6.07) is 14.0. The highest BCUT2D eigenvalue weighted by Gasteiger charge is 2.34. The lowest BCUT2D eigenvalue weighted by molar-refractivity contribution is 0.0890. The Labute approximate surface area is 183 Å². The number of halogens is 1. The van der Waals surface area contributed by atoms with Crippen molar-refractivity contribution in [2.45, 2.75) is 44.6 Å². The van der Waals surface area contributed by atoms with E-state index < -0.39 is 0 Å². The molecule has 0 saturated carbocycles. The van der Waals surface area contributed by atoms with Gasteiger partial charge in [-0.15, -0.1) is 0 Å². The van der Waals surface area contributed by atoms with Gasteiger partial charge in [0, 0.05) is 43.7 Å². The van der Waals surface area contributed by atoms with Gasteiger partial charge in [-0.05, 0) is 61.1 Å². The molecule has 1 N–H and O–H groups in total. The van der Waals surface area contributed by atoms with Crippen molar-refractivity contribution in [1.82, 2.24) is 15.1 Å². The molecule has 2 fully saturated rings. The monoisotopic (exact) mass is 423 g/mol. The fraction of sp³-hybridized carbons (Fsp3) is 0.440. The first-order chi connectivity index (χ1) is 15.0. The Morgan fingerprint density at radius 1 is 0.968 bits per heavy atom. The zero-order chi connectivity index (χ0) is 21.8. The number of likely N-dealkylation sites (tertiary alicyclic amines) is 2. The lowest BCUT2D eigenvalue weighted by Crippen LogP contribution is -2.54. The quantitative estimate of drug-likeness (QED) is 0.802. The van der Waals surface area contributed by atoms with E-state index in [1.165, 1.54) is 35.4 Å². The van der Waals surface area contributed by atoms with Gasteiger partial charge in [-0.2, -0.15) is 0 Å². The Morgan fingerprint density at radius 3 is 2.29 bits per heavy atom. The number of carbonyl (C=O) groups is 2. The normalized spacial score (nSPS) is 21.2. The number of nitrogens with zero attached hydrogens (tertiary/aromatic N) is 2. The summed E-state index contributed by atoms with van der Waals surface area (Å²) in [5.41, 5.74) is 2.90. The summed E-state index contributed by atoms with van der Waals surface area (Å²) >= 11 is 0. The van der Waals surface area contributed by atoms with Crippen LogP contribution >= 0.6 is 0 Å². The van der Waals surface area contributed by atoms with Crippen molar-refractivity contribution < 1.29 is 14.0 Å². The van der Waals surface area contributed by atoms with Crippen molar-refractivity contribution in [3.05, 3.63) is 71.0 Å². The van der Waals surface area contributed by atoms with Crippen LogP contribution in [0, 0.1) is 5.82 Å². The molecule has 0 aromatic heterocycles. The van der Waals surface area contributed by atoms with E-state index >= 15 is 0 Å². The van der Waals surface area contributed by atoms with E-state index in [0.717, 1.165) is 38.8 Å². The van der Waals surface area contributed by atoms with Crippen LogP contribution in [0.25, 0.3) is 0 Å². The van der Waals surface area contributed by atoms with Gasteiger partial charge in [0.15, 0.2) is 0 Å². The smallest absolute Gasteiger partial charge is 0.320 e. The molecule has 164 valence electrons. The molecule has 6 heteroatoms. The third kappa shape index (κ3) is 5.06. The van der Waals surface area contributed by atoms with Crippen LogP contribution in [-0.2, 0) is 6.42 Å². The third-order valence-electron chi connectivity index (χ3n) is 6.40. The van der Waals surface area contributed by atoms with Crippen LogP contribution in [0.5, 0.6) is 0 Å². The number of amides is 3. The predicted molar refractivity (Wildman–Crippen MR) is 119 cm³/mol. The number of rotatable bonds is 4. The maximum Gasteiger partial charge on any atom is 0.320 e. The van der Waals surface area contributed by atoms with Crippen LogP contribution in [0.2, 0.25) is 0 Å². The Hall–Kier alpha value is -2.89. The van der Waals surface area contributed by atoms with Crippen LogP contribution in [0.1, 0.15) is 53.6 Å². The lowest BCUT2D eigenvalue weighted by atomic mass is 9.87. The number of aryl methyl sites for hydroxylation is 1. The summed E-state index contributed by atoms with van der Waals surface area (Å²) in [5.74, 6) is -0.447. The molecular formula is C25H30FN3O2. The second kappa shape index (κ2) is 9.50. The van der Waals surface area contributed by atoms with Gasteiger partial charge < -0.3 is 15.1 Å². The fourth-order valence-electron chi connectivity index (χ4n) is 4.61. The molecule has 0 spiro atoms. The minimum absolute atomic E-state index is 0.0633. The summed E-state index contributed by atoms with van der Waals surface area (Å²) < 4.78 is 13.2. The molecule has 4 rings (SSSR count). The van der Waals surface area contributed by atoms with Crippen molar-refractivity contribution in [2.75, 3.05) is 26.2 Å². The minimum Gasteiger partial charge on any atom is -0.347 e. The Kier molecular flexibility index (Phi) is 6.54. The van der Waals surface area contributed by atoms with Gasteiger partial charge in [-0.25, -0.2) is 9.18 Å². The zero-order valence-electron chi connectivity index (χ0n) is 18.0. The molecule has 0 radical (unpaired) electrons. The van der Waals surface area contributed by atoms with Crippen LogP contribution in [0.15, 0.2) is 48.5 Å². The Balaban J connectivity index is 1.52. The molecule has 2 heterocycles. The summed E-state index contributed by atoms with van der Waals surface area (Å²) in [6.07, 6.45) is 3.85. The van der Waals surface area contributed by atoms with E-state index in [4.69, 9.17) is 0 Å². The van der Waals surface area contributed by atoms with Gasteiger partial charge in [-0.1, -0.05) is 31.2 Å². The average Bonchev–Trinajstić information content (AvgIpc) is 3.34. The third-order valence-corrected chi connectivity index (χ3v) is 6.40. The van der Waals surface area contributed by atoms with Gasteiger partial charge >= 0.3 is 6.03 Å². The number of urea groups is 1. The number of piperidine rings is 1. The Bertz CT molecular complexity index is 907. The van der Waals surface area contributed by atoms with Gasteiger partial charge in [0.05, 0.1) is 0 Å². The van der Waals surface area contributed by atoms with Crippen molar-refractivity contribution in [1.29, 1.82) is 0 Å². The van der Waals surface area contributed by atoms with Crippen LogP contribution in [-0.4, -0.2) is 54.0 Å². The molecule has 2 atom stereocenters. The van der Waals surface area contributed by atoms with Crippen molar-refractivity contribution in [2.24, 2.45) is 0 Å². The molecule has 2 aromatic carbocycles. The van der Waals surface area contributed by atoms with Crippen molar-refractivity contribution >= 4 is 11.9 Å². The first-order valence-electron chi connectivity index (χ1n) is 11.2. The summed E-state index contributed by atoms with van der Waals surface area (Å²) in [4.78, 5) is 29.7. The van der Waals surface area contributed by atoms with Gasteiger partial charge in [0.2, 0.25) is 0 Å². The highest BCUT2D eigenvalue weighted by Crippen LogP contribution is 2.29. The first-order valence-corrected chi connectivity index (χ1v) is 11.2. The van der Waals surface area contributed by atoms with Gasteiger partial charge in [0.25, 0.3) is 5.91 Å². The average molecular weight is 424 g/mol. The van der Waals surface area contributed by atoms with Crippen LogP contribution in [0.4, 0.5) is 9.18 Å². The standard InChI is InChI=1S/C25H30FN3O2/c1-2-18-5-7-19(8-6-18)21-15-23(27-24(30)20-9-11-22(26)12-10-20)17-29(16-21)25(31)28-13-3-4-14-28/h5-12,21,23H,2-4,13-17H2,1H3,(H,27,30). The van der Waals surface area contributed by atoms with Crippen LogP contribution < -0.4 is 5.32 Å². The van der Waals surface area contributed by atoms with Gasteiger partial charge in [0.1, 0.15) is 5.82 Å². The second-order valence-corrected chi connectivity index (χ2v) is 8.59. The number of benzene rings is 2. The van der Waals surface area contributed by atoms with E-state index in [1.54, 1.807) is 0 Å². The highest BCUT2D eigenvalue weighted by molar-refractivity contribution is 5.94. The molecule has 2 unspecified atom stereocenters. The summed E-state index contributed by atoms with van der Waals surface area (Å²) in [6.45, 7) is 4.89. The number of nitrogens with one attached hydrogen (secondary N) is 1. The van der Waals surface area contributed by atoms with Gasteiger partial charge in [-0.3, -0.25) is 4.79 Å². The molecule has 2 aromatic rings. The zero-order valence-corrected chi connectivity index (χ0v) is 18.0. The van der Waals surface area contributed by atoms with Crippen LogP contribution in [0.3, 0.4) is 0 Å². The maximum absolute atomic E-state index is 13.2. The molecule has 0 aliphatic carbocycles. The van der Waals surface area contributed by atoms with E-state index in [1.807, 2.05) is 9.80 Å². The Morgan fingerprint density at radius 2 is 1.65 bits per heavy atom. The van der Waals surface area contributed by atoms with Crippen molar-refractivity contribution in [3.8, 4) is 0 Å². The number of hydrogen-bond acceptors (Lipinski definition) is 2. The van der Waals surface area contributed by atoms with E-state index in [9.17, 15) is 14.0 Å². The first kappa shape index (κ1) is 21.3. The largest absolute Gasteiger partial charge is 0.347 e. The predicted octanol–water partition coefficient (Wildman–Crippen LogP) is 4.19. The summed E-state index contributed by atoms with van der Waals surface area (Å²) in [7, 11) is 0. The minimum atomic E-state index is -0.368. The molecule has 5 nitrogen and oxygen atoms in total. The highest BCUT2D eigenvalue weighted by atomic mass is 19.1. The molecule has 2 aliphatic rings. The topological polar surface area (TPSA) is 52.7 Å². The number of carbonyl (C=O) groups excluding carboxylic acids is 2. The second-order valence-electron chi connectivity index (χ2n) is 8.59.